The molecule has 0 aromatic rings. The Hall–Kier alpha value is -0.0800. The van der Waals surface area contributed by atoms with Crippen molar-refractivity contribution in [3.8, 4) is 0 Å². The van der Waals surface area contributed by atoms with Gasteiger partial charge < -0.3 is 5.11 Å². The first-order valence-electron chi connectivity index (χ1n) is 7.59. The number of nitrogens with zero attached hydrogens (tertiary/aromatic N) is 1. The Morgan fingerprint density at radius 1 is 0.765 bits per heavy atom. The average Bonchev–Trinajstić information content (AvgIpc) is 2.50. The lowest BCUT2D eigenvalue weighted by molar-refractivity contribution is -0.0110. The molecule has 2 bridgehead atoms. The molecule has 3 fully saturated rings. The van der Waals surface area contributed by atoms with Gasteiger partial charge in [-0.25, -0.2) is 0 Å². The third kappa shape index (κ3) is 2.26. The van der Waals surface area contributed by atoms with Gasteiger partial charge in [0, 0.05) is 18.1 Å². The maximum Gasteiger partial charge on any atom is 0.0570 e. The molecule has 2 heteroatoms. The Labute approximate surface area is 105 Å². The number of aliphatic hydroxyl groups excluding tert-OH is 1. The van der Waals surface area contributed by atoms with E-state index in [0.29, 0.717) is 12.1 Å². The van der Waals surface area contributed by atoms with Gasteiger partial charge in [-0.1, -0.05) is 13.8 Å². The van der Waals surface area contributed by atoms with Crippen molar-refractivity contribution in [1.29, 1.82) is 0 Å². The maximum absolute atomic E-state index is 9.88. The Kier molecular flexibility index (Phi) is 3.20. The molecule has 17 heavy (non-hydrogen) atoms. The monoisotopic (exact) mass is 237 g/mol. The van der Waals surface area contributed by atoms with Crippen LogP contribution < -0.4 is 0 Å². The fraction of sp³-hybridized carbons (Fsp3) is 1.00. The molecule has 2 aliphatic heterocycles. The standard InChI is InChI=1S/C15H27NO/c1-10-5-11(2)7-14(6-10)16-12-3-4-13(16)9-15(17)8-12/h10-15,17H,3-9H2,1-2H3. The quantitative estimate of drug-likeness (QED) is 0.758. The zero-order chi connectivity index (χ0) is 12.0. The van der Waals surface area contributed by atoms with Gasteiger partial charge in [0.15, 0.2) is 0 Å². The van der Waals surface area contributed by atoms with Crippen LogP contribution in [0.25, 0.3) is 0 Å². The highest BCUT2D eigenvalue weighted by molar-refractivity contribution is 4.99. The van der Waals surface area contributed by atoms with Crippen molar-refractivity contribution >= 4 is 0 Å². The molecule has 2 saturated heterocycles. The molecule has 2 heterocycles. The van der Waals surface area contributed by atoms with Crippen molar-refractivity contribution in [2.45, 2.75) is 83.0 Å². The summed E-state index contributed by atoms with van der Waals surface area (Å²) in [5.41, 5.74) is 0. The molecule has 3 rings (SSSR count). The maximum atomic E-state index is 9.88. The van der Waals surface area contributed by atoms with Gasteiger partial charge in [0.1, 0.15) is 0 Å². The van der Waals surface area contributed by atoms with E-state index in [1.807, 2.05) is 0 Å². The lowest BCUT2D eigenvalue weighted by Gasteiger charge is -2.46. The van der Waals surface area contributed by atoms with Crippen LogP contribution in [0, 0.1) is 11.8 Å². The van der Waals surface area contributed by atoms with Crippen molar-refractivity contribution in [2.24, 2.45) is 11.8 Å². The second kappa shape index (κ2) is 4.55. The fourth-order valence-corrected chi connectivity index (χ4v) is 4.93. The minimum absolute atomic E-state index is 0.0119. The van der Waals surface area contributed by atoms with E-state index in [-0.39, 0.29) is 6.10 Å². The highest BCUT2D eigenvalue weighted by Gasteiger charge is 2.44. The third-order valence-electron chi connectivity index (χ3n) is 5.34. The number of fused-ring (bicyclic) bond motifs is 2. The molecule has 0 aromatic carbocycles. The highest BCUT2D eigenvalue weighted by Crippen LogP contribution is 2.42. The van der Waals surface area contributed by atoms with Crippen molar-refractivity contribution in [1.82, 2.24) is 4.90 Å². The molecular weight excluding hydrogens is 210 g/mol. The summed E-state index contributed by atoms with van der Waals surface area (Å²) in [6.45, 7) is 4.84. The van der Waals surface area contributed by atoms with Crippen LogP contribution >= 0.6 is 0 Å². The molecule has 0 aromatic heterocycles. The molecule has 2 nitrogen and oxygen atoms in total. The number of rotatable bonds is 1. The minimum Gasteiger partial charge on any atom is -0.393 e. The number of aliphatic hydroxyl groups is 1. The Bertz CT molecular complexity index is 256. The lowest BCUT2D eigenvalue weighted by Crippen LogP contribution is -2.52. The van der Waals surface area contributed by atoms with Crippen molar-refractivity contribution in [3.63, 3.8) is 0 Å². The highest BCUT2D eigenvalue weighted by atomic mass is 16.3. The topological polar surface area (TPSA) is 23.5 Å². The summed E-state index contributed by atoms with van der Waals surface area (Å²) < 4.78 is 0. The molecule has 0 radical (unpaired) electrons. The molecule has 0 amide bonds. The minimum atomic E-state index is -0.0119. The van der Waals surface area contributed by atoms with E-state index in [1.165, 1.54) is 32.1 Å². The van der Waals surface area contributed by atoms with Crippen LogP contribution in [-0.4, -0.2) is 34.2 Å². The number of hydrogen-bond donors (Lipinski definition) is 1. The summed E-state index contributed by atoms with van der Waals surface area (Å²) >= 11 is 0. The second-order valence-electron chi connectivity index (χ2n) is 7.03. The first-order chi connectivity index (χ1) is 8.13. The van der Waals surface area contributed by atoms with E-state index >= 15 is 0 Å². The van der Waals surface area contributed by atoms with E-state index in [9.17, 15) is 5.11 Å². The normalized spacial score (nSPS) is 51.7. The summed E-state index contributed by atoms with van der Waals surface area (Å²) in [6.07, 6.45) is 8.94. The van der Waals surface area contributed by atoms with Gasteiger partial charge in [-0.05, 0) is 56.8 Å². The van der Waals surface area contributed by atoms with Gasteiger partial charge in [0.25, 0.3) is 0 Å². The van der Waals surface area contributed by atoms with Gasteiger partial charge in [-0.3, -0.25) is 4.90 Å². The summed E-state index contributed by atoms with van der Waals surface area (Å²) in [4.78, 5) is 2.82. The molecule has 3 aliphatic rings. The van der Waals surface area contributed by atoms with E-state index in [0.717, 1.165) is 30.7 Å². The average molecular weight is 237 g/mol. The van der Waals surface area contributed by atoms with Crippen LogP contribution in [0.3, 0.4) is 0 Å². The molecule has 1 N–H and O–H groups in total. The molecule has 4 atom stereocenters. The summed E-state index contributed by atoms with van der Waals surface area (Å²) in [7, 11) is 0. The fourth-order valence-electron chi connectivity index (χ4n) is 4.93. The Morgan fingerprint density at radius 3 is 1.82 bits per heavy atom. The zero-order valence-corrected chi connectivity index (χ0v) is 11.3. The molecule has 0 spiro atoms. The molecule has 98 valence electrons. The second-order valence-corrected chi connectivity index (χ2v) is 7.03. The van der Waals surface area contributed by atoms with Gasteiger partial charge >= 0.3 is 0 Å². The molecule has 1 saturated carbocycles. The molecular formula is C15H27NO. The lowest BCUT2D eigenvalue weighted by atomic mass is 9.78. The van der Waals surface area contributed by atoms with Crippen molar-refractivity contribution in [2.75, 3.05) is 0 Å². The van der Waals surface area contributed by atoms with Gasteiger partial charge in [0.05, 0.1) is 6.10 Å². The number of piperidine rings is 1. The summed E-state index contributed by atoms with van der Waals surface area (Å²) in [5.74, 6) is 1.80. The predicted octanol–water partition coefficient (Wildman–Crippen LogP) is 2.80. The first-order valence-corrected chi connectivity index (χ1v) is 7.59. The molecule has 1 aliphatic carbocycles. The van der Waals surface area contributed by atoms with Crippen LogP contribution in [0.2, 0.25) is 0 Å². The van der Waals surface area contributed by atoms with E-state index in [1.54, 1.807) is 0 Å². The SMILES string of the molecule is CC1CC(C)CC(N2C3CCC2CC(O)C3)C1. The van der Waals surface area contributed by atoms with Crippen molar-refractivity contribution in [3.05, 3.63) is 0 Å². The van der Waals surface area contributed by atoms with E-state index < -0.39 is 0 Å². The van der Waals surface area contributed by atoms with E-state index in [2.05, 4.69) is 18.7 Å². The Balaban J connectivity index is 1.72. The van der Waals surface area contributed by atoms with Gasteiger partial charge in [-0.2, -0.15) is 0 Å². The summed E-state index contributed by atoms with van der Waals surface area (Å²) in [6, 6.07) is 2.22. The van der Waals surface area contributed by atoms with Crippen LogP contribution in [0.15, 0.2) is 0 Å². The summed E-state index contributed by atoms with van der Waals surface area (Å²) in [5, 5.41) is 9.88. The predicted molar refractivity (Wildman–Crippen MR) is 69.9 cm³/mol. The Morgan fingerprint density at radius 2 is 1.29 bits per heavy atom. The first kappa shape index (κ1) is 12.0. The van der Waals surface area contributed by atoms with E-state index in [4.69, 9.17) is 0 Å². The van der Waals surface area contributed by atoms with Gasteiger partial charge in [-0.15, -0.1) is 0 Å². The largest absolute Gasteiger partial charge is 0.393 e. The number of hydrogen-bond acceptors (Lipinski definition) is 2. The smallest absolute Gasteiger partial charge is 0.0570 e. The van der Waals surface area contributed by atoms with Crippen LogP contribution in [0.4, 0.5) is 0 Å². The third-order valence-corrected chi connectivity index (χ3v) is 5.34. The van der Waals surface area contributed by atoms with Crippen LogP contribution in [0.1, 0.15) is 58.8 Å². The molecule has 4 unspecified atom stereocenters. The van der Waals surface area contributed by atoms with Crippen LogP contribution in [0.5, 0.6) is 0 Å². The van der Waals surface area contributed by atoms with Crippen LogP contribution in [-0.2, 0) is 0 Å². The van der Waals surface area contributed by atoms with Gasteiger partial charge in [0.2, 0.25) is 0 Å². The van der Waals surface area contributed by atoms with Crippen molar-refractivity contribution < 1.29 is 5.11 Å². The zero-order valence-electron chi connectivity index (χ0n) is 11.3.